The van der Waals surface area contributed by atoms with Crippen LogP contribution < -0.4 is 5.32 Å². The quantitative estimate of drug-likeness (QED) is 0.597. The minimum absolute atomic E-state index is 0.164. The lowest BCUT2D eigenvalue weighted by Gasteiger charge is -2.60. The van der Waals surface area contributed by atoms with Crippen LogP contribution in [0.15, 0.2) is 24.5 Å². The molecule has 1 N–H and O–H groups in total. The number of nitrogens with zero attached hydrogens (tertiary/aromatic N) is 1. The van der Waals surface area contributed by atoms with E-state index in [2.05, 4.69) is 30.2 Å². The van der Waals surface area contributed by atoms with Crippen molar-refractivity contribution in [1.29, 1.82) is 0 Å². The van der Waals surface area contributed by atoms with E-state index in [4.69, 9.17) is 19.2 Å². The number of rotatable bonds is 5. The second-order valence-corrected chi connectivity index (χ2v) is 9.77. The third-order valence-electron chi connectivity index (χ3n) is 7.95. The summed E-state index contributed by atoms with van der Waals surface area (Å²) in [7, 11) is 0. The second-order valence-electron chi connectivity index (χ2n) is 9.77. The molecular formula is C23H34N2O4. The first-order valence-electron chi connectivity index (χ1n) is 11.3. The zero-order valence-corrected chi connectivity index (χ0v) is 17.8. The Morgan fingerprint density at radius 1 is 1.17 bits per heavy atom. The van der Waals surface area contributed by atoms with Gasteiger partial charge in [0.25, 0.3) is 0 Å². The standard InChI is InChI=1S/C23H34N2O4/c1-15-6-7-19-16(2)20(9-12-25-14-17-5-4-11-24-13-17)26-21-23(19)18(15)8-10-22(3,27-21)28-29-23/h4-5,11,13,15-16,18-21,25H,6-10,12,14H2,1-3H3/t15-,16-,18+,19+,20-,21-,22+,23-/m1/s1. The van der Waals surface area contributed by atoms with Crippen LogP contribution in [0.25, 0.3) is 0 Å². The van der Waals surface area contributed by atoms with E-state index < -0.39 is 11.4 Å². The predicted molar refractivity (Wildman–Crippen MR) is 107 cm³/mol. The van der Waals surface area contributed by atoms with E-state index in [-0.39, 0.29) is 12.4 Å². The van der Waals surface area contributed by atoms with Crippen LogP contribution in [0.5, 0.6) is 0 Å². The fourth-order valence-electron chi connectivity index (χ4n) is 6.29. The van der Waals surface area contributed by atoms with Gasteiger partial charge < -0.3 is 14.8 Å². The van der Waals surface area contributed by atoms with Gasteiger partial charge in [-0.15, -0.1) is 0 Å². The zero-order chi connectivity index (χ0) is 20.1. The summed E-state index contributed by atoms with van der Waals surface area (Å²) < 4.78 is 13.1. The van der Waals surface area contributed by atoms with Crippen LogP contribution in [0.2, 0.25) is 0 Å². The van der Waals surface area contributed by atoms with Gasteiger partial charge in [-0.05, 0) is 68.5 Å². The van der Waals surface area contributed by atoms with Crippen molar-refractivity contribution in [3.05, 3.63) is 30.1 Å². The molecule has 1 aromatic rings. The summed E-state index contributed by atoms with van der Waals surface area (Å²) in [6.45, 7) is 8.41. The molecule has 6 heteroatoms. The van der Waals surface area contributed by atoms with Gasteiger partial charge in [0.05, 0.1) is 6.10 Å². The highest BCUT2D eigenvalue weighted by atomic mass is 17.3. The van der Waals surface area contributed by atoms with Gasteiger partial charge in [0, 0.05) is 31.3 Å². The molecule has 5 aliphatic rings. The van der Waals surface area contributed by atoms with Crippen LogP contribution in [0.1, 0.15) is 58.4 Å². The molecule has 1 aromatic heterocycles. The summed E-state index contributed by atoms with van der Waals surface area (Å²) in [5.41, 5.74) is 0.753. The lowest BCUT2D eigenvalue weighted by atomic mass is 9.57. The van der Waals surface area contributed by atoms with Gasteiger partial charge in [0.2, 0.25) is 5.79 Å². The third-order valence-corrected chi connectivity index (χ3v) is 7.95. The smallest absolute Gasteiger partial charge is 0.201 e. The third kappa shape index (κ3) is 3.33. The van der Waals surface area contributed by atoms with Crippen molar-refractivity contribution in [3.63, 3.8) is 0 Å². The summed E-state index contributed by atoms with van der Waals surface area (Å²) in [6, 6.07) is 4.07. The Balaban J connectivity index is 1.29. The average molecular weight is 403 g/mol. The Morgan fingerprint density at radius 3 is 2.90 bits per heavy atom. The number of hydrogen-bond donors (Lipinski definition) is 1. The summed E-state index contributed by atoms with van der Waals surface area (Å²) >= 11 is 0. The van der Waals surface area contributed by atoms with Crippen molar-refractivity contribution < 1.29 is 19.2 Å². The molecule has 1 spiro atoms. The van der Waals surface area contributed by atoms with Crippen LogP contribution in [0, 0.1) is 23.7 Å². The number of ether oxygens (including phenoxy) is 2. The molecule has 5 fully saturated rings. The van der Waals surface area contributed by atoms with E-state index in [0.717, 1.165) is 38.8 Å². The van der Waals surface area contributed by atoms with Crippen molar-refractivity contribution in [2.45, 2.75) is 83.2 Å². The number of hydrogen-bond acceptors (Lipinski definition) is 6. The lowest BCUT2D eigenvalue weighted by Crippen LogP contribution is -2.70. The molecule has 0 radical (unpaired) electrons. The Labute approximate surface area is 173 Å². The molecule has 6 nitrogen and oxygen atoms in total. The Bertz CT molecular complexity index is 718. The fraction of sp³-hybridized carbons (Fsp3) is 0.783. The van der Waals surface area contributed by atoms with Gasteiger partial charge in [-0.2, -0.15) is 0 Å². The molecule has 8 atom stereocenters. The Kier molecular flexibility index (Phi) is 5.19. The highest BCUT2D eigenvalue weighted by molar-refractivity contribution is 5.10. The molecule has 29 heavy (non-hydrogen) atoms. The van der Waals surface area contributed by atoms with Gasteiger partial charge in [-0.3, -0.25) is 4.98 Å². The largest absolute Gasteiger partial charge is 0.346 e. The number of nitrogens with one attached hydrogen (secondary N) is 1. The van der Waals surface area contributed by atoms with Crippen molar-refractivity contribution >= 4 is 0 Å². The Morgan fingerprint density at radius 2 is 2.07 bits per heavy atom. The van der Waals surface area contributed by atoms with Crippen molar-refractivity contribution in [2.24, 2.45) is 23.7 Å². The predicted octanol–water partition coefficient (Wildman–Crippen LogP) is 3.81. The van der Waals surface area contributed by atoms with Gasteiger partial charge in [-0.25, -0.2) is 9.78 Å². The molecule has 4 aliphatic heterocycles. The molecule has 0 unspecified atom stereocenters. The van der Waals surface area contributed by atoms with Crippen molar-refractivity contribution in [3.8, 4) is 0 Å². The highest BCUT2D eigenvalue weighted by Crippen LogP contribution is 2.60. The molecule has 160 valence electrons. The molecule has 1 saturated carbocycles. The molecular weight excluding hydrogens is 368 g/mol. The van der Waals surface area contributed by atoms with E-state index in [1.54, 1.807) is 0 Å². The van der Waals surface area contributed by atoms with Crippen molar-refractivity contribution in [1.82, 2.24) is 10.3 Å². The fourth-order valence-corrected chi connectivity index (χ4v) is 6.29. The maximum Gasteiger partial charge on any atom is 0.201 e. The molecule has 2 bridgehead atoms. The van der Waals surface area contributed by atoms with Gasteiger partial charge in [-0.1, -0.05) is 19.9 Å². The monoisotopic (exact) mass is 402 g/mol. The van der Waals surface area contributed by atoms with E-state index in [9.17, 15) is 0 Å². The molecule has 0 aromatic carbocycles. The van der Waals surface area contributed by atoms with E-state index in [0.29, 0.717) is 23.7 Å². The first kappa shape index (κ1) is 19.9. The maximum atomic E-state index is 6.63. The highest BCUT2D eigenvalue weighted by Gasteiger charge is 2.69. The molecule has 4 saturated heterocycles. The topological polar surface area (TPSA) is 61.8 Å². The molecule has 5 heterocycles. The summed E-state index contributed by atoms with van der Waals surface area (Å²) in [5.74, 6) is 1.17. The number of pyridine rings is 1. The van der Waals surface area contributed by atoms with Crippen LogP contribution in [0.3, 0.4) is 0 Å². The second kappa shape index (κ2) is 7.57. The van der Waals surface area contributed by atoms with Crippen molar-refractivity contribution in [2.75, 3.05) is 6.54 Å². The maximum absolute atomic E-state index is 6.63. The Hall–Kier alpha value is -1.05. The van der Waals surface area contributed by atoms with E-state index in [1.807, 2.05) is 25.4 Å². The van der Waals surface area contributed by atoms with Crippen LogP contribution in [-0.2, 0) is 25.8 Å². The van der Waals surface area contributed by atoms with E-state index >= 15 is 0 Å². The summed E-state index contributed by atoms with van der Waals surface area (Å²) in [5, 5.41) is 3.54. The summed E-state index contributed by atoms with van der Waals surface area (Å²) in [4.78, 5) is 16.3. The van der Waals surface area contributed by atoms with Gasteiger partial charge >= 0.3 is 0 Å². The van der Waals surface area contributed by atoms with Crippen LogP contribution in [0.4, 0.5) is 0 Å². The molecule has 6 rings (SSSR count). The van der Waals surface area contributed by atoms with E-state index in [1.165, 1.54) is 12.0 Å². The zero-order valence-electron chi connectivity index (χ0n) is 17.8. The minimum atomic E-state index is -0.693. The van der Waals surface area contributed by atoms with Crippen LogP contribution in [-0.4, -0.2) is 35.3 Å². The van der Waals surface area contributed by atoms with Gasteiger partial charge in [0.15, 0.2) is 11.9 Å². The summed E-state index contributed by atoms with van der Waals surface area (Å²) in [6.07, 6.45) is 8.86. The number of aromatic nitrogens is 1. The first-order valence-corrected chi connectivity index (χ1v) is 11.3. The number of fused-ring (bicyclic) bond motifs is 2. The van der Waals surface area contributed by atoms with Gasteiger partial charge in [0.1, 0.15) is 0 Å². The SMILES string of the molecule is C[C@H]1[C@@H](CCNCc2cccnc2)O[C@@H]2O[C@]3(C)CC[C@H]4[C@H](C)CC[C@@H]1[C@@]24OO3. The average Bonchev–Trinajstić information content (AvgIpc) is 2.95. The normalized spacial score (nSPS) is 46.2. The first-order chi connectivity index (χ1) is 14.0. The van der Waals surface area contributed by atoms with Crippen LogP contribution >= 0.6 is 0 Å². The molecule has 0 amide bonds. The lowest BCUT2D eigenvalue weighted by molar-refractivity contribution is -0.571. The molecule has 1 aliphatic carbocycles. The minimum Gasteiger partial charge on any atom is -0.346 e.